The average molecular weight is 396 g/mol. The van der Waals surface area contributed by atoms with Gasteiger partial charge in [0.25, 0.3) is 0 Å². The van der Waals surface area contributed by atoms with E-state index in [0.29, 0.717) is 23.0 Å². The van der Waals surface area contributed by atoms with Crippen LogP contribution >= 0.6 is 11.3 Å². The van der Waals surface area contributed by atoms with Crippen molar-refractivity contribution >= 4 is 28.7 Å². The predicted octanol–water partition coefficient (Wildman–Crippen LogP) is 3.66. The second-order valence-electron chi connectivity index (χ2n) is 6.54. The van der Waals surface area contributed by atoms with Crippen molar-refractivity contribution in [3.05, 3.63) is 68.6 Å². The fourth-order valence-electron chi connectivity index (χ4n) is 3.63. The minimum atomic E-state index is -0.216. The number of aromatic nitrogens is 1. The highest BCUT2D eigenvalue weighted by Gasteiger charge is 2.38. The zero-order valence-electron chi connectivity index (χ0n) is 15.8. The molecule has 7 heteroatoms. The molecule has 0 fully saturated rings. The molecule has 1 atom stereocenters. The Morgan fingerprint density at radius 2 is 1.71 bits per heavy atom. The summed E-state index contributed by atoms with van der Waals surface area (Å²) in [6.45, 7) is 0. The van der Waals surface area contributed by atoms with E-state index in [1.165, 1.54) is 11.3 Å². The molecule has 0 aliphatic carbocycles. The lowest BCUT2D eigenvalue weighted by Gasteiger charge is -2.32. The Hall–Kier alpha value is -3.06. The van der Waals surface area contributed by atoms with Crippen molar-refractivity contribution < 1.29 is 14.3 Å². The molecule has 0 spiro atoms. The van der Waals surface area contributed by atoms with Crippen LogP contribution in [0.15, 0.2) is 53.3 Å². The molecule has 6 nitrogen and oxygen atoms in total. The molecule has 3 aromatic rings. The van der Waals surface area contributed by atoms with Crippen molar-refractivity contribution in [2.45, 2.75) is 12.3 Å². The predicted molar refractivity (Wildman–Crippen MR) is 109 cm³/mol. The van der Waals surface area contributed by atoms with Crippen molar-refractivity contribution in [2.24, 2.45) is 7.05 Å². The first-order valence-electron chi connectivity index (χ1n) is 8.84. The van der Waals surface area contributed by atoms with Gasteiger partial charge in [-0.25, -0.2) is 0 Å². The zero-order chi connectivity index (χ0) is 19.8. The number of carbonyl (C=O) groups is 1. The number of thiazole rings is 1. The Labute approximate surface area is 166 Å². The Balaban J connectivity index is 1.88. The molecule has 0 saturated heterocycles. The topological polar surface area (TPSA) is 60.8 Å². The molecule has 2 aromatic carbocycles. The number of benzene rings is 2. The maximum Gasteiger partial charge on any atom is 0.308 e. The van der Waals surface area contributed by atoms with Gasteiger partial charge in [0.2, 0.25) is 5.91 Å². The van der Waals surface area contributed by atoms with Gasteiger partial charge < -0.3 is 9.47 Å². The highest BCUT2D eigenvalue weighted by molar-refractivity contribution is 7.10. The molecule has 0 saturated carbocycles. The van der Waals surface area contributed by atoms with Crippen LogP contribution in [0.2, 0.25) is 0 Å². The fourth-order valence-corrected chi connectivity index (χ4v) is 4.71. The van der Waals surface area contributed by atoms with E-state index in [1.54, 1.807) is 42.9 Å². The van der Waals surface area contributed by atoms with E-state index in [4.69, 9.17) is 9.47 Å². The van der Waals surface area contributed by atoms with Gasteiger partial charge >= 0.3 is 4.87 Å². The van der Waals surface area contributed by atoms with Crippen LogP contribution < -0.4 is 19.2 Å². The van der Waals surface area contributed by atoms with Crippen molar-refractivity contribution in [3.8, 4) is 11.5 Å². The van der Waals surface area contributed by atoms with Crippen LogP contribution in [0.1, 0.15) is 22.8 Å². The second-order valence-corrected chi connectivity index (χ2v) is 7.53. The number of fused-ring (bicyclic) bond motifs is 1. The van der Waals surface area contributed by atoms with Crippen LogP contribution in [0.5, 0.6) is 11.5 Å². The van der Waals surface area contributed by atoms with E-state index in [-0.39, 0.29) is 23.1 Å². The molecule has 1 aliphatic rings. The van der Waals surface area contributed by atoms with E-state index in [0.717, 1.165) is 10.4 Å². The van der Waals surface area contributed by atoms with Crippen LogP contribution in [0.4, 0.5) is 11.5 Å². The second kappa shape index (κ2) is 7.16. The van der Waals surface area contributed by atoms with Crippen LogP contribution in [-0.4, -0.2) is 24.7 Å². The zero-order valence-corrected chi connectivity index (χ0v) is 16.7. The summed E-state index contributed by atoms with van der Waals surface area (Å²) in [6, 6.07) is 14.9. The van der Waals surface area contributed by atoms with Crippen molar-refractivity contribution in [2.75, 3.05) is 19.1 Å². The van der Waals surface area contributed by atoms with Gasteiger partial charge in [-0.05, 0) is 30.3 Å². The lowest BCUT2D eigenvalue weighted by atomic mass is 9.89. The van der Waals surface area contributed by atoms with Crippen LogP contribution in [0.3, 0.4) is 0 Å². The number of ether oxygens (including phenoxy) is 2. The molecule has 1 amide bonds. The molecule has 2 heterocycles. The minimum absolute atomic E-state index is 0.0676. The molecule has 0 bridgehead atoms. The molecule has 144 valence electrons. The highest BCUT2D eigenvalue weighted by Crippen LogP contribution is 2.46. The van der Waals surface area contributed by atoms with Crippen molar-refractivity contribution in [3.63, 3.8) is 0 Å². The molecule has 28 heavy (non-hydrogen) atoms. The molecular formula is C21H20N2O4S. The minimum Gasteiger partial charge on any atom is -0.497 e. The number of amides is 1. The maximum atomic E-state index is 13.2. The first-order valence-corrected chi connectivity index (χ1v) is 9.66. The number of anilines is 2. The fraction of sp³-hybridized carbons (Fsp3) is 0.238. The van der Waals surface area contributed by atoms with E-state index in [1.807, 2.05) is 36.4 Å². The lowest BCUT2D eigenvalue weighted by Crippen LogP contribution is -2.34. The van der Waals surface area contributed by atoms with Gasteiger partial charge in [0.05, 0.1) is 24.8 Å². The van der Waals surface area contributed by atoms with Gasteiger partial charge in [0.1, 0.15) is 17.3 Å². The summed E-state index contributed by atoms with van der Waals surface area (Å²) >= 11 is 1.18. The molecule has 1 aliphatic heterocycles. The van der Waals surface area contributed by atoms with Gasteiger partial charge in [-0.1, -0.05) is 29.5 Å². The molecule has 0 unspecified atom stereocenters. The van der Waals surface area contributed by atoms with Crippen molar-refractivity contribution in [1.29, 1.82) is 0 Å². The van der Waals surface area contributed by atoms with Crippen LogP contribution in [0.25, 0.3) is 0 Å². The van der Waals surface area contributed by atoms with Gasteiger partial charge in [0.15, 0.2) is 0 Å². The summed E-state index contributed by atoms with van der Waals surface area (Å²) in [5, 5.41) is 0. The summed E-state index contributed by atoms with van der Waals surface area (Å²) in [5.74, 6) is 1.76. The number of rotatable bonds is 4. The largest absolute Gasteiger partial charge is 0.497 e. The Bertz CT molecular complexity index is 1080. The molecule has 0 N–H and O–H groups in total. The van der Waals surface area contributed by atoms with E-state index in [2.05, 4.69) is 0 Å². The van der Waals surface area contributed by atoms with Crippen molar-refractivity contribution in [1.82, 2.24) is 4.57 Å². The van der Waals surface area contributed by atoms with Gasteiger partial charge in [-0.2, -0.15) is 0 Å². The van der Waals surface area contributed by atoms with E-state index >= 15 is 0 Å². The van der Waals surface area contributed by atoms with E-state index < -0.39 is 0 Å². The summed E-state index contributed by atoms with van der Waals surface area (Å²) in [6.07, 6.45) is 0.263. The molecule has 1 aromatic heterocycles. The third-order valence-corrected chi connectivity index (χ3v) is 6.15. The molecular weight excluding hydrogens is 376 g/mol. The number of carbonyl (C=O) groups excluding carboxylic acids is 1. The average Bonchev–Trinajstić information content (AvgIpc) is 3.02. The monoisotopic (exact) mass is 396 g/mol. The first kappa shape index (κ1) is 18.3. The summed E-state index contributed by atoms with van der Waals surface area (Å²) in [5.41, 5.74) is 1.62. The third kappa shape index (κ3) is 2.88. The maximum absolute atomic E-state index is 13.2. The first-order chi connectivity index (χ1) is 13.5. The van der Waals surface area contributed by atoms with Gasteiger partial charge in [-0.15, -0.1) is 0 Å². The quantitative estimate of drug-likeness (QED) is 0.675. The SMILES string of the molecule is COc1ccc(N2C(=O)C[C@H](c3ccccc3OC)c3sc(=O)n(C)c32)cc1. The number of hydrogen-bond donors (Lipinski definition) is 0. The number of methoxy groups -OCH3 is 2. The smallest absolute Gasteiger partial charge is 0.308 e. The Morgan fingerprint density at radius 1 is 1.00 bits per heavy atom. The molecule has 4 rings (SSSR count). The third-order valence-electron chi connectivity index (χ3n) is 5.01. The normalized spacial score (nSPS) is 16.0. The van der Waals surface area contributed by atoms with Gasteiger partial charge in [-0.3, -0.25) is 19.1 Å². The standard InChI is InChI=1S/C21H20N2O4S/c1-22-20-19(28-21(22)25)16(15-6-4-5-7-17(15)27-3)12-18(24)23(20)13-8-10-14(26-2)11-9-13/h4-11,16H,12H2,1-3H3/t16-/m1/s1. The highest BCUT2D eigenvalue weighted by atomic mass is 32.1. The van der Waals surface area contributed by atoms with E-state index in [9.17, 15) is 9.59 Å². The summed E-state index contributed by atoms with van der Waals surface area (Å²) in [4.78, 5) is 28.1. The van der Waals surface area contributed by atoms with Crippen LogP contribution in [-0.2, 0) is 11.8 Å². The summed E-state index contributed by atoms with van der Waals surface area (Å²) in [7, 11) is 4.91. The number of nitrogens with zero attached hydrogens (tertiary/aromatic N) is 2. The molecule has 0 radical (unpaired) electrons. The number of para-hydroxylation sites is 1. The Kier molecular flexibility index (Phi) is 4.68. The Morgan fingerprint density at radius 3 is 2.39 bits per heavy atom. The summed E-state index contributed by atoms with van der Waals surface area (Å²) < 4.78 is 12.3. The number of hydrogen-bond acceptors (Lipinski definition) is 5. The van der Waals surface area contributed by atoms with Gasteiger partial charge in [0, 0.05) is 24.9 Å². The van der Waals surface area contributed by atoms with Crippen LogP contribution in [0, 0.1) is 0 Å². The lowest BCUT2D eigenvalue weighted by molar-refractivity contribution is -0.118.